The Morgan fingerprint density at radius 2 is 2.22 bits per heavy atom. The average Bonchev–Trinajstić information content (AvgIpc) is 2.42. The van der Waals surface area contributed by atoms with Crippen molar-refractivity contribution >= 4 is 12.1 Å². The number of benzene rings is 1. The number of aliphatic imine (C=N–C) groups is 1. The Kier molecular flexibility index (Phi) is 4.05. The molecule has 5 heteroatoms. The molecule has 0 amide bonds. The van der Waals surface area contributed by atoms with Crippen LogP contribution in [-0.4, -0.2) is 24.2 Å². The van der Waals surface area contributed by atoms with Crippen molar-refractivity contribution in [1.29, 1.82) is 5.26 Å². The number of nitrogens with zero attached hydrogens (tertiary/aromatic N) is 3. The molecule has 1 aliphatic heterocycles. The average molecular weight is 242 g/mol. The smallest absolute Gasteiger partial charge is 0.172 e. The van der Waals surface area contributed by atoms with Gasteiger partial charge in [-0.1, -0.05) is 30.3 Å². The van der Waals surface area contributed by atoms with Crippen LogP contribution < -0.4 is 5.43 Å². The topological polar surface area (TPSA) is 69.8 Å². The van der Waals surface area contributed by atoms with Crippen molar-refractivity contribution in [3.05, 3.63) is 35.9 Å². The van der Waals surface area contributed by atoms with Crippen molar-refractivity contribution in [3.8, 4) is 6.07 Å². The quantitative estimate of drug-likeness (QED) is 0.869. The van der Waals surface area contributed by atoms with Crippen LogP contribution in [0.25, 0.3) is 0 Å². The van der Waals surface area contributed by atoms with Gasteiger partial charge >= 0.3 is 0 Å². The molecule has 0 radical (unpaired) electrons. The summed E-state index contributed by atoms with van der Waals surface area (Å²) in [6, 6.07) is 11.5. The summed E-state index contributed by atoms with van der Waals surface area (Å²) in [6.45, 7) is 2.22. The van der Waals surface area contributed by atoms with E-state index >= 15 is 0 Å². The normalized spacial score (nSPS) is 19.6. The lowest BCUT2D eigenvalue weighted by molar-refractivity contribution is 0.0724. The molecule has 0 aromatic heterocycles. The highest BCUT2D eigenvalue weighted by molar-refractivity contribution is 5.91. The van der Waals surface area contributed by atoms with E-state index in [0.717, 1.165) is 11.3 Å². The van der Waals surface area contributed by atoms with E-state index in [1.807, 2.05) is 37.3 Å². The van der Waals surface area contributed by atoms with Crippen LogP contribution >= 0.6 is 0 Å². The van der Waals surface area contributed by atoms with Crippen molar-refractivity contribution in [2.45, 2.75) is 25.7 Å². The van der Waals surface area contributed by atoms with Crippen molar-refractivity contribution in [2.75, 3.05) is 0 Å². The third-order valence-corrected chi connectivity index (χ3v) is 2.65. The summed E-state index contributed by atoms with van der Waals surface area (Å²) in [7, 11) is 0. The van der Waals surface area contributed by atoms with Gasteiger partial charge in [0, 0.05) is 0 Å². The summed E-state index contributed by atoms with van der Waals surface area (Å²) in [5, 5.41) is 13.2. The minimum Gasteiger partial charge on any atom is -0.356 e. The lowest BCUT2D eigenvalue weighted by Gasteiger charge is -2.20. The number of nitriles is 1. The molecule has 1 aromatic carbocycles. The predicted octanol–water partition coefficient (Wildman–Crippen LogP) is 1.47. The molecular weight excluding hydrogens is 228 g/mol. The Labute approximate surface area is 106 Å². The second kappa shape index (κ2) is 5.94. The van der Waals surface area contributed by atoms with E-state index in [2.05, 4.69) is 21.6 Å². The second-order valence-corrected chi connectivity index (χ2v) is 3.95. The molecule has 92 valence electrons. The molecule has 5 nitrogen and oxygen atoms in total. The fourth-order valence-electron chi connectivity index (χ4n) is 1.67. The summed E-state index contributed by atoms with van der Waals surface area (Å²) in [6.07, 6.45) is 0.862. The number of hydrazone groups is 1. The molecule has 2 atom stereocenters. The van der Waals surface area contributed by atoms with Crippen LogP contribution in [0.15, 0.2) is 40.4 Å². The third-order valence-electron chi connectivity index (χ3n) is 2.65. The summed E-state index contributed by atoms with van der Waals surface area (Å²) >= 11 is 0. The Morgan fingerprint density at radius 1 is 1.44 bits per heavy atom. The fourth-order valence-corrected chi connectivity index (χ4v) is 1.67. The van der Waals surface area contributed by atoms with Gasteiger partial charge in [-0.05, 0) is 12.5 Å². The summed E-state index contributed by atoms with van der Waals surface area (Å²) in [5.41, 5.74) is 4.43. The lowest BCUT2D eigenvalue weighted by atomic mass is 10.1. The zero-order valence-electron chi connectivity index (χ0n) is 10.1. The fraction of sp³-hybridized carbons (Fsp3) is 0.308. The van der Waals surface area contributed by atoms with Gasteiger partial charge in [0.15, 0.2) is 6.10 Å². The zero-order chi connectivity index (χ0) is 12.8. The van der Waals surface area contributed by atoms with Crippen molar-refractivity contribution < 1.29 is 4.74 Å². The van der Waals surface area contributed by atoms with E-state index in [0.29, 0.717) is 6.61 Å². The maximum absolute atomic E-state index is 9.15. The summed E-state index contributed by atoms with van der Waals surface area (Å²) in [4.78, 5) is 4.18. The SMILES string of the molecule is CC1=NNC=NC1C(C#N)OCc1ccccc1. The van der Waals surface area contributed by atoms with Gasteiger partial charge in [0.25, 0.3) is 0 Å². The van der Waals surface area contributed by atoms with Gasteiger partial charge in [0.2, 0.25) is 0 Å². The van der Waals surface area contributed by atoms with Gasteiger partial charge in [-0.15, -0.1) is 0 Å². The first kappa shape index (κ1) is 12.3. The second-order valence-electron chi connectivity index (χ2n) is 3.95. The molecule has 1 heterocycles. The highest BCUT2D eigenvalue weighted by Crippen LogP contribution is 2.11. The minimum absolute atomic E-state index is 0.333. The maximum Gasteiger partial charge on any atom is 0.172 e. The first-order chi connectivity index (χ1) is 8.81. The third kappa shape index (κ3) is 2.93. The molecule has 2 unspecified atom stereocenters. The largest absolute Gasteiger partial charge is 0.356 e. The molecule has 0 saturated carbocycles. The number of rotatable bonds is 4. The molecule has 0 saturated heterocycles. The van der Waals surface area contributed by atoms with E-state index in [1.165, 1.54) is 6.34 Å². The molecule has 1 aromatic rings. The van der Waals surface area contributed by atoms with Crippen LogP contribution in [0.4, 0.5) is 0 Å². The van der Waals surface area contributed by atoms with Gasteiger partial charge < -0.3 is 4.74 Å². The predicted molar refractivity (Wildman–Crippen MR) is 69.2 cm³/mol. The van der Waals surface area contributed by atoms with E-state index < -0.39 is 6.10 Å². The van der Waals surface area contributed by atoms with Gasteiger partial charge in [-0.2, -0.15) is 10.4 Å². The molecule has 1 aliphatic rings. The Hall–Kier alpha value is -2.19. The van der Waals surface area contributed by atoms with E-state index in [4.69, 9.17) is 10.00 Å². The summed E-state index contributed by atoms with van der Waals surface area (Å²) in [5.74, 6) is 0. The number of hydrogen-bond donors (Lipinski definition) is 1. The van der Waals surface area contributed by atoms with E-state index in [9.17, 15) is 0 Å². The maximum atomic E-state index is 9.15. The molecule has 1 N–H and O–H groups in total. The van der Waals surface area contributed by atoms with Crippen molar-refractivity contribution in [1.82, 2.24) is 5.43 Å². The van der Waals surface area contributed by atoms with Gasteiger partial charge in [-0.3, -0.25) is 10.4 Å². The number of ether oxygens (including phenoxy) is 1. The van der Waals surface area contributed by atoms with Gasteiger partial charge in [0.05, 0.1) is 18.4 Å². The van der Waals surface area contributed by atoms with E-state index in [-0.39, 0.29) is 6.04 Å². The minimum atomic E-state index is -0.618. The Morgan fingerprint density at radius 3 is 2.89 bits per heavy atom. The highest BCUT2D eigenvalue weighted by atomic mass is 16.5. The van der Waals surface area contributed by atoms with Crippen LogP contribution in [0, 0.1) is 11.3 Å². The van der Waals surface area contributed by atoms with E-state index in [1.54, 1.807) is 0 Å². The van der Waals surface area contributed by atoms with Crippen LogP contribution in [0.5, 0.6) is 0 Å². The van der Waals surface area contributed by atoms with Crippen LogP contribution in [0.2, 0.25) is 0 Å². The Bertz CT molecular complexity index is 489. The van der Waals surface area contributed by atoms with Crippen LogP contribution in [0.3, 0.4) is 0 Å². The lowest BCUT2D eigenvalue weighted by Crippen LogP contribution is -2.36. The van der Waals surface area contributed by atoms with Gasteiger partial charge in [0.1, 0.15) is 12.4 Å². The van der Waals surface area contributed by atoms with Crippen molar-refractivity contribution in [3.63, 3.8) is 0 Å². The monoisotopic (exact) mass is 242 g/mol. The molecule has 2 rings (SSSR count). The first-order valence-electron chi connectivity index (χ1n) is 5.68. The molecule has 0 fully saturated rings. The molecule has 0 bridgehead atoms. The standard InChI is InChI=1S/C13H14N4O/c1-10-13(15-9-16-17-10)12(7-14)18-8-11-5-3-2-4-6-11/h2-6,9,12-13H,8H2,1H3,(H,15,16). The molecule has 0 aliphatic carbocycles. The first-order valence-corrected chi connectivity index (χ1v) is 5.68. The molecular formula is C13H14N4O. The van der Waals surface area contributed by atoms with Crippen molar-refractivity contribution in [2.24, 2.45) is 10.1 Å². The zero-order valence-corrected chi connectivity index (χ0v) is 10.1. The Balaban J connectivity index is 1.98. The van der Waals surface area contributed by atoms with Crippen LogP contribution in [0.1, 0.15) is 12.5 Å². The van der Waals surface area contributed by atoms with Gasteiger partial charge in [-0.25, -0.2) is 0 Å². The number of nitrogens with one attached hydrogen (secondary N) is 1. The number of hydrogen-bond acceptors (Lipinski definition) is 5. The molecule has 18 heavy (non-hydrogen) atoms. The molecule has 0 spiro atoms. The highest BCUT2D eigenvalue weighted by Gasteiger charge is 2.25. The van der Waals surface area contributed by atoms with Crippen LogP contribution in [-0.2, 0) is 11.3 Å². The summed E-state index contributed by atoms with van der Waals surface area (Å²) < 4.78 is 5.60.